The van der Waals surface area contributed by atoms with Crippen molar-refractivity contribution >= 4 is 5.95 Å². The first kappa shape index (κ1) is 14.0. The molecule has 2 aromatic heterocycles. The normalized spacial score (nSPS) is 16.8. The fraction of sp³-hybridized carbons (Fsp3) is 0.471. The molecule has 1 aliphatic carbocycles. The van der Waals surface area contributed by atoms with Gasteiger partial charge < -0.3 is 5.32 Å². The van der Waals surface area contributed by atoms with E-state index in [-0.39, 0.29) is 6.04 Å². The van der Waals surface area contributed by atoms with E-state index in [0.717, 1.165) is 12.4 Å². The van der Waals surface area contributed by atoms with Gasteiger partial charge in [-0.15, -0.1) is 0 Å². The SMILES string of the molecule is CC(Cc1cccnc1)Nc1nccc(C2CCCC2)n1. The highest BCUT2D eigenvalue weighted by Crippen LogP contribution is 2.33. The zero-order valence-electron chi connectivity index (χ0n) is 12.5. The van der Waals surface area contributed by atoms with E-state index in [9.17, 15) is 0 Å². The predicted molar refractivity (Wildman–Crippen MR) is 84.3 cm³/mol. The van der Waals surface area contributed by atoms with Gasteiger partial charge in [-0.3, -0.25) is 4.98 Å². The number of rotatable bonds is 5. The lowest BCUT2D eigenvalue weighted by atomic mass is 10.0. The Morgan fingerprint density at radius 1 is 1.24 bits per heavy atom. The van der Waals surface area contributed by atoms with Crippen molar-refractivity contribution in [3.05, 3.63) is 48.0 Å². The molecule has 0 aromatic carbocycles. The molecule has 1 unspecified atom stereocenters. The van der Waals surface area contributed by atoms with E-state index >= 15 is 0 Å². The summed E-state index contributed by atoms with van der Waals surface area (Å²) in [5, 5.41) is 3.40. The zero-order valence-corrected chi connectivity index (χ0v) is 12.5. The fourth-order valence-electron chi connectivity index (χ4n) is 3.03. The molecule has 2 heterocycles. The number of anilines is 1. The van der Waals surface area contributed by atoms with Crippen molar-refractivity contribution < 1.29 is 0 Å². The average Bonchev–Trinajstić information content (AvgIpc) is 3.02. The zero-order chi connectivity index (χ0) is 14.5. The summed E-state index contributed by atoms with van der Waals surface area (Å²) in [7, 11) is 0. The van der Waals surface area contributed by atoms with E-state index in [2.05, 4.69) is 34.3 Å². The Kier molecular flexibility index (Phi) is 4.43. The Hall–Kier alpha value is -1.97. The van der Waals surface area contributed by atoms with Crippen LogP contribution < -0.4 is 5.32 Å². The van der Waals surface area contributed by atoms with Gasteiger partial charge in [0.15, 0.2) is 0 Å². The molecule has 0 spiro atoms. The third-order valence-corrected chi connectivity index (χ3v) is 4.09. The third kappa shape index (κ3) is 3.78. The van der Waals surface area contributed by atoms with Crippen molar-refractivity contribution in [3.8, 4) is 0 Å². The van der Waals surface area contributed by atoms with Gasteiger partial charge in [-0.1, -0.05) is 18.9 Å². The number of hydrogen-bond acceptors (Lipinski definition) is 4. The fourth-order valence-corrected chi connectivity index (χ4v) is 3.03. The molecular weight excluding hydrogens is 260 g/mol. The molecule has 1 fully saturated rings. The molecule has 1 atom stereocenters. The molecule has 1 aliphatic rings. The molecule has 4 nitrogen and oxygen atoms in total. The topological polar surface area (TPSA) is 50.7 Å². The maximum absolute atomic E-state index is 4.70. The van der Waals surface area contributed by atoms with Crippen LogP contribution in [0.3, 0.4) is 0 Å². The summed E-state index contributed by atoms with van der Waals surface area (Å²) in [5.41, 5.74) is 2.42. The van der Waals surface area contributed by atoms with Crippen LogP contribution in [0.4, 0.5) is 5.95 Å². The van der Waals surface area contributed by atoms with E-state index in [1.54, 1.807) is 6.20 Å². The number of nitrogens with one attached hydrogen (secondary N) is 1. The largest absolute Gasteiger partial charge is 0.351 e. The molecule has 0 aliphatic heterocycles. The van der Waals surface area contributed by atoms with Gasteiger partial charge in [-0.05, 0) is 43.9 Å². The lowest BCUT2D eigenvalue weighted by Gasteiger charge is -2.15. The molecule has 0 amide bonds. The molecule has 0 saturated heterocycles. The maximum atomic E-state index is 4.70. The van der Waals surface area contributed by atoms with E-state index in [1.165, 1.54) is 36.9 Å². The first-order valence-corrected chi connectivity index (χ1v) is 7.79. The quantitative estimate of drug-likeness (QED) is 0.910. The smallest absolute Gasteiger partial charge is 0.223 e. The minimum atomic E-state index is 0.285. The molecule has 21 heavy (non-hydrogen) atoms. The number of hydrogen-bond donors (Lipinski definition) is 1. The second kappa shape index (κ2) is 6.66. The van der Waals surface area contributed by atoms with Crippen LogP contribution in [0.5, 0.6) is 0 Å². The monoisotopic (exact) mass is 282 g/mol. The molecule has 2 aromatic rings. The van der Waals surface area contributed by atoms with Crippen LogP contribution in [-0.4, -0.2) is 21.0 Å². The van der Waals surface area contributed by atoms with E-state index < -0.39 is 0 Å². The van der Waals surface area contributed by atoms with Gasteiger partial charge >= 0.3 is 0 Å². The summed E-state index contributed by atoms with van der Waals surface area (Å²) in [6.07, 6.45) is 11.7. The summed E-state index contributed by atoms with van der Waals surface area (Å²) < 4.78 is 0. The second-order valence-corrected chi connectivity index (χ2v) is 5.90. The number of nitrogens with zero attached hydrogens (tertiary/aromatic N) is 3. The van der Waals surface area contributed by atoms with Gasteiger partial charge in [-0.2, -0.15) is 0 Å². The van der Waals surface area contributed by atoms with Crippen molar-refractivity contribution in [2.24, 2.45) is 0 Å². The van der Waals surface area contributed by atoms with E-state index in [0.29, 0.717) is 5.92 Å². The minimum Gasteiger partial charge on any atom is -0.351 e. The first-order valence-electron chi connectivity index (χ1n) is 7.79. The molecule has 3 rings (SSSR count). The Morgan fingerprint density at radius 3 is 2.86 bits per heavy atom. The lowest BCUT2D eigenvalue weighted by Crippen LogP contribution is -2.20. The molecule has 0 radical (unpaired) electrons. The van der Waals surface area contributed by atoms with Crippen molar-refractivity contribution in [3.63, 3.8) is 0 Å². The third-order valence-electron chi connectivity index (χ3n) is 4.09. The highest BCUT2D eigenvalue weighted by molar-refractivity contribution is 5.29. The molecule has 1 N–H and O–H groups in total. The lowest BCUT2D eigenvalue weighted by molar-refractivity contribution is 0.690. The Balaban J connectivity index is 1.63. The Labute approximate surface area is 126 Å². The molecule has 4 heteroatoms. The van der Waals surface area contributed by atoms with Crippen LogP contribution in [0, 0.1) is 0 Å². The summed E-state index contributed by atoms with van der Waals surface area (Å²) in [5.74, 6) is 1.37. The van der Waals surface area contributed by atoms with E-state index in [4.69, 9.17) is 4.98 Å². The summed E-state index contributed by atoms with van der Waals surface area (Å²) >= 11 is 0. The Morgan fingerprint density at radius 2 is 2.10 bits per heavy atom. The number of aromatic nitrogens is 3. The van der Waals surface area contributed by atoms with Gasteiger partial charge in [0.05, 0.1) is 0 Å². The van der Waals surface area contributed by atoms with Crippen LogP contribution in [0.1, 0.15) is 49.8 Å². The van der Waals surface area contributed by atoms with Crippen LogP contribution in [0.15, 0.2) is 36.8 Å². The predicted octanol–water partition coefficient (Wildman–Crippen LogP) is 3.57. The highest BCUT2D eigenvalue weighted by Gasteiger charge is 2.18. The standard InChI is InChI=1S/C17H22N4/c1-13(11-14-5-4-9-18-12-14)20-17-19-10-8-16(21-17)15-6-2-3-7-15/h4-5,8-10,12-13,15H,2-3,6-7,11H2,1H3,(H,19,20,21). The van der Waals surface area contributed by atoms with Crippen LogP contribution in [-0.2, 0) is 6.42 Å². The average molecular weight is 282 g/mol. The van der Waals surface area contributed by atoms with Crippen LogP contribution in [0.2, 0.25) is 0 Å². The van der Waals surface area contributed by atoms with Crippen molar-refractivity contribution in [1.29, 1.82) is 0 Å². The van der Waals surface area contributed by atoms with Gasteiger partial charge in [0, 0.05) is 36.2 Å². The number of pyridine rings is 1. The van der Waals surface area contributed by atoms with E-state index in [1.807, 2.05) is 18.5 Å². The van der Waals surface area contributed by atoms with Gasteiger partial charge in [0.2, 0.25) is 5.95 Å². The summed E-state index contributed by atoms with van der Waals surface area (Å²) in [6.45, 7) is 2.15. The minimum absolute atomic E-state index is 0.285. The van der Waals surface area contributed by atoms with Crippen molar-refractivity contribution in [1.82, 2.24) is 15.0 Å². The van der Waals surface area contributed by atoms with Gasteiger partial charge in [0.25, 0.3) is 0 Å². The summed E-state index contributed by atoms with van der Waals surface area (Å²) in [6, 6.07) is 6.42. The van der Waals surface area contributed by atoms with Crippen LogP contribution >= 0.6 is 0 Å². The second-order valence-electron chi connectivity index (χ2n) is 5.90. The van der Waals surface area contributed by atoms with Gasteiger partial charge in [0.1, 0.15) is 0 Å². The molecule has 0 bridgehead atoms. The highest BCUT2D eigenvalue weighted by atomic mass is 15.1. The molecule has 1 saturated carbocycles. The van der Waals surface area contributed by atoms with Gasteiger partial charge in [-0.25, -0.2) is 9.97 Å². The first-order chi connectivity index (χ1) is 10.3. The maximum Gasteiger partial charge on any atom is 0.223 e. The van der Waals surface area contributed by atoms with Crippen molar-refractivity contribution in [2.75, 3.05) is 5.32 Å². The Bertz CT molecular complexity index is 564. The van der Waals surface area contributed by atoms with Crippen LogP contribution in [0.25, 0.3) is 0 Å². The molecular formula is C17H22N4. The molecule has 110 valence electrons. The summed E-state index contributed by atoms with van der Waals surface area (Å²) in [4.78, 5) is 13.2. The van der Waals surface area contributed by atoms with Crippen molar-refractivity contribution in [2.45, 2.75) is 51.0 Å².